The van der Waals surface area contributed by atoms with Crippen molar-refractivity contribution in [1.82, 2.24) is 14.5 Å². The van der Waals surface area contributed by atoms with Crippen LogP contribution in [0.4, 0.5) is 5.82 Å². The van der Waals surface area contributed by atoms with Gasteiger partial charge in [-0.1, -0.05) is 37.3 Å². The maximum absolute atomic E-state index is 5.63. The summed E-state index contributed by atoms with van der Waals surface area (Å²) in [6.45, 7) is 7.06. The second-order valence-corrected chi connectivity index (χ2v) is 8.30. The molecule has 0 N–H and O–H groups in total. The van der Waals surface area contributed by atoms with Gasteiger partial charge in [-0.05, 0) is 55.5 Å². The van der Waals surface area contributed by atoms with Gasteiger partial charge in [-0.3, -0.25) is 0 Å². The number of fused-ring (bicyclic) bond motifs is 1. The molecule has 1 aliphatic rings. The molecule has 1 fully saturated rings. The predicted octanol–water partition coefficient (Wildman–Crippen LogP) is 5.72. The molecule has 1 atom stereocenters. The van der Waals surface area contributed by atoms with Crippen molar-refractivity contribution in [1.29, 1.82) is 0 Å². The molecule has 0 amide bonds. The molecule has 2 aromatic carbocycles. The zero-order valence-corrected chi connectivity index (χ0v) is 18.2. The topological polar surface area (TPSA) is 43.2 Å². The Labute approximate surface area is 183 Å². The summed E-state index contributed by atoms with van der Waals surface area (Å²) in [6.07, 6.45) is 6.38. The average Bonchev–Trinajstić information content (AvgIpc) is 3.20. The van der Waals surface area contributed by atoms with Crippen molar-refractivity contribution in [2.24, 2.45) is 5.92 Å². The molecule has 158 valence electrons. The van der Waals surface area contributed by atoms with Gasteiger partial charge in [-0.2, -0.15) is 0 Å². The van der Waals surface area contributed by atoms with E-state index in [1.54, 1.807) is 6.33 Å². The quantitative estimate of drug-likeness (QED) is 0.420. The first-order chi connectivity index (χ1) is 15.2. The SMILES string of the molecule is CCOc1ccc(-n2cc(-c3ccccc3)c3c(N4CCCC(C)C4)ncnc32)cc1. The van der Waals surface area contributed by atoms with E-state index in [-0.39, 0.29) is 0 Å². The lowest BCUT2D eigenvalue weighted by Gasteiger charge is -2.32. The number of benzene rings is 2. The van der Waals surface area contributed by atoms with Crippen LogP contribution in [-0.2, 0) is 0 Å². The fourth-order valence-electron chi connectivity index (χ4n) is 4.57. The summed E-state index contributed by atoms with van der Waals surface area (Å²) in [5.41, 5.74) is 4.34. The lowest BCUT2D eigenvalue weighted by Crippen LogP contribution is -2.35. The molecule has 4 aromatic rings. The normalized spacial score (nSPS) is 16.6. The predicted molar refractivity (Wildman–Crippen MR) is 126 cm³/mol. The number of nitrogens with zero attached hydrogens (tertiary/aromatic N) is 4. The highest BCUT2D eigenvalue weighted by molar-refractivity contribution is 6.02. The Hall–Kier alpha value is -3.34. The van der Waals surface area contributed by atoms with E-state index in [4.69, 9.17) is 14.7 Å². The van der Waals surface area contributed by atoms with Crippen LogP contribution in [0.2, 0.25) is 0 Å². The van der Waals surface area contributed by atoms with E-state index < -0.39 is 0 Å². The van der Waals surface area contributed by atoms with Gasteiger partial charge in [0.2, 0.25) is 0 Å². The second kappa shape index (κ2) is 8.42. The van der Waals surface area contributed by atoms with Gasteiger partial charge >= 0.3 is 0 Å². The lowest BCUT2D eigenvalue weighted by molar-refractivity contribution is 0.340. The fourth-order valence-corrected chi connectivity index (χ4v) is 4.57. The van der Waals surface area contributed by atoms with Crippen LogP contribution in [0.25, 0.3) is 27.8 Å². The number of aromatic nitrogens is 3. The van der Waals surface area contributed by atoms with Crippen LogP contribution in [0, 0.1) is 5.92 Å². The Morgan fingerprint density at radius 3 is 2.58 bits per heavy atom. The lowest BCUT2D eigenvalue weighted by atomic mass is 9.99. The molecule has 2 aromatic heterocycles. The van der Waals surface area contributed by atoms with Crippen LogP contribution in [0.1, 0.15) is 26.7 Å². The third-order valence-corrected chi connectivity index (χ3v) is 6.03. The van der Waals surface area contributed by atoms with Crippen molar-refractivity contribution in [3.8, 4) is 22.6 Å². The highest BCUT2D eigenvalue weighted by Crippen LogP contribution is 2.38. The maximum atomic E-state index is 5.63. The molecule has 0 spiro atoms. The Morgan fingerprint density at radius 2 is 1.84 bits per heavy atom. The molecule has 5 heteroatoms. The van der Waals surface area contributed by atoms with Crippen molar-refractivity contribution in [3.05, 3.63) is 67.1 Å². The number of hydrogen-bond acceptors (Lipinski definition) is 4. The monoisotopic (exact) mass is 412 g/mol. The Morgan fingerprint density at radius 1 is 1.03 bits per heavy atom. The minimum atomic E-state index is 0.662. The highest BCUT2D eigenvalue weighted by Gasteiger charge is 2.24. The summed E-state index contributed by atoms with van der Waals surface area (Å²) in [5, 5.41) is 1.12. The summed E-state index contributed by atoms with van der Waals surface area (Å²) in [7, 11) is 0. The maximum Gasteiger partial charge on any atom is 0.150 e. The largest absolute Gasteiger partial charge is 0.494 e. The van der Waals surface area contributed by atoms with Gasteiger partial charge in [-0.15, -0.1) is 0 Å². The Bertz CT molecular complexity index is 1170. The molecule has 0 saturated carbocycles. The molecule has 1 unspecified atom stereocenters. The standard InChI is InChI=1S/C26H28N4O/c1-3-31-22-13-11-21(12-14-22)30-17-23(20-9-5-4-6-10-20)24-25(27-18-28-26(24)30)29-15-7-8-19(2)16-29/h4-6,9-14,17-19H,3,7-8,15-16H2,1-2H3. The minimum absolute atomic E-state index is 0.662. The van der Waals surface area contributed by atoms with Gasteiger partial charge in [0.05, 0.1) is 12.0 Å². The molecule has 0 radical (unpaired) electrons. The van der Waals surface area contributed by atoms with E-state index in [1.807, 2.05) is 19.1 Å². The minimum Gasteiger partial charge on any atom is -0.494 e. The van der Waals surface area contributed by atoms with E-state index in [0.717, 1.165) is 41.4 Å². The highest BCUT2D eigenvalue weighted by atomic mass is 16.5. The van der Waals surface area contributed by atoms with Crippen molar-refractivity contribution in [2.45, 2.75) is 26.7 Å². The summed E-state index contributed by atoms with van der Waals surface area (Å²) >= 11 is 0. The molecule has 1 saturated heterocycles. The van der Waals surface area contributed by atoms with Crippen molar-refractivity contribution >= 4 is 16.9 Å². The number of rotatable bonds is 5. The molecule has 5 rings (SSSR count). The van der Waals surface area contributed by atoms with Gasteiger partial charge in [0.1, 0.15) is 17.9 Å². The fraction of sp³-hybridized carbons (Fsp3) is 0.308. The van der Waals surface area contributed by atoms with Gasteiger partial charge in [0.15, 0.2) is 5.65 Å². The third kappa shape index (κ3) is 3.76. The van der Waals surface area contributed by atoms with Crippen LogP contribution in [0.15, 0.2) is 67.1 Å². The number of hydrogen-bond donors (Lipinski definition) is 0. The molecular weight excluding hydrogens is 384 g/mol. The summed E-state index contributed by atoms with van der Waals surface area (Å²) in [5.74, 6) is 2.59. The second-order valence-electron chi connectivity index (χ2n) is 8.30. The average molecular weight is 413 g/mol. The van der Waals surface area contributed by atoms with Gasteiger partial charge in [-0.25, -0.2) is 9.97 Å². The van der Waals surface area contributed by atoms with Crippen LogP contribution in [0.5, 0.6) is 5.75 Å². The van der Waals surface area contributed by atoms with Crippen LogP contribution < -0.4 is 9.64 Å². The molecule has 3 heterocycles. The number of piperidine rings is 1. The van der Waals surface area contributed by atoms with E-state index in [9.17, 15) is 0 Å². The van der Waals surface area contributed by atoms with Gasteiger partial charge in [0, 0.05) is 30.5 Å². The van der Waals surface area contributed by atoms with E-state index in [2.05, 4.69) is 65.1 Å². The Kier molecular flexibility index (Phi) is 5.33. The molecule has 31 heavy (non-hydrogen) atoms. The zero-order chi connectivity index (χ0) is 21.2. The number of ether oxygens (including phenoxy) is 1. The van der Waals surface area contributed by atoms with Gasteiger partial charge in [0.25, 0.3) is 0 Å². The van der Waals surface area contributed by atoms with Crippen LogP contribution in [-0.4, -0.2) is 34.2 Å². The van der Waals surface area contributed by atoms with Crippen molar-refractivity contribution in [3.63, 3.8) is 0 Å². The van der Waals surface area contributed by atoms with E-state index >= 15 is 0 Å². The van der Waals surface area contributed by atoms with Crippen molar-refractivity contribution < 1.29 is 4.74 Å². The first-order valence-electron chi connectivity index (χ1n) is 11.1. The molecular formula is C26H28N4O. The molecule has 0 aliphatic carbocycles. The molecule has 0 bridgehead atoms. The molecule has 5 nitrogen and oxygen atoms in total. The zero-order valence-electron chi connectivity index (χ0n) is 18.2. The molecule has 1 aliphatic heterocycles. The number of anilines is 1. The summed E-state index contributed by atoms with van der Waals surface area (Å²) in [6, 6.07) is 18.7. The summed E-state index contributed by atoms with van der Waals surface area (Å²) in [4.78, 5) is 11.9. The smallest absolute Gasteiger partial charge is 0.150 e. The van der Waals surface area contributed by atoms with Crippen molar-refractivity contribution in [2.75, 3.05) is 24.6 Å². The van der Waals surface area contributed by atoms with E-state index in [1.165, 1.54) is 24.0 Å². The summed E-state index contributed by atoms with van der Waals surface area (Å²) < 4.78 is 7.80. The van der Waals surface area contributed by atoms with Gasteiger partial charge < -0.3 is 14.2 Å². The first-order valence-corrected chi connectivity index (χ1v) is 11.1. The van der Waals surface area contributed by atoms with Crippen LogP contribution >= 0.6 is 0 Å². The third-order valence-electron chi connectivity index (χ3n) is 6.03. The first kappa shape index (κ1) is 19.6. The van der Waals surface area contributed by atoms with Crippen LogP contribution in [0.3, 0.4) is 0 Å². The Balaban J connectivity index is 1.70. The van der Waals surface area contributed by atoms with E-state index in [0.29, 0.717) is 12.5 Å².